The Bertz CT molecular complexity index is 1100. The maximum absolute atomic E-state index is 13.5. The van der Waals surface area contributed by atoms with E-state index in [1.807, 2.05) is 5.32 Å². The Hall–Kier alpha value is -3.76. The van der Waals surface area contributed by atoms with Crippen molar-refractivity contribution in [2.75, 3.05) is 10.6 Å². The van der Waals surface area contributed by atoms with Crippen molar-refractivity contribution in [3.8, 4) is 0 Å². The van der Waals surface area contributed by atoms with Crippen LogP contribution in [0.15, 0.2) is 65.5 Å². The predicted molar refractivity (Wildman–Crippen MR) is 97.5 cm³/mol. The van der Waals surface area contributed by atoms with Gasteiger partial charge in [-0.3, -0.25) is 9.59 Å². The smallest absolute Gasteiger partial charge is 0.418 e. The van der Waals surface area contributed by atoms with Crippen molar-refractivity contribution in [3.05, 3.63) is 83.3 Å². The Labute approximate surface area is 170 Å². The second kappa shape index (κ2) is 8.17. The van der Waals surface area contributed by atoms with E-state index < -0.39 is 46.5 Å². The van der Waals surface area contributed by atoms with E-state index in [0.29, 0.717) is 12.1 Å². The maximum atomic E-state index is 13.5. The number of halogens is 6. The van der Waals surface area contributed by atoms with Crippen molar-refractivity contribution < 1.29 is 40.3 Å². The number of amides is 2. The molecule has 0 aliphatic carbocycles. The lowest BCUT2D eigenvalue weighted by Gasteiger charge is -2.16. The molecule has 0 fully saturated rings. The zero-order chi connectivity index (χ0) is 22.8. The van der Waals surface area contributed by atoms with Crippen molar-refractivity contribution in [1.29, 1.82) is 0 Å². The lowest BCUT2D eigenvalue weighted by molar-refractivity contribution is -0.138. The normalized spacial score (nSPS) is 11.8. The summed E-state index contributed by atoms with van der Waals surface area (Å²) in [5.74, 6) is -1.88. The zero-order valence-electron chi connectivity index (χ0n) is 15.3. The molecule has 1 heterocycles. The molecule has 0 bridgehead atoms. The van der Waals surface area contributed by atoms with Crippen molar-refractivity contribution in [2.45, 2.75) is 12.4 Å². The summed E-state index contributed by atoms with van der Waals surface area (Å²) in [5, 5.41) is 4.22. The summed E-state index contributed by atoms with van der Waals surface area (Å²) in [6.45, 7) is 0. The summed E-state index contributed by atoms with van der Waals surface area (Å²) >= 11 is 0. The number of benzene rings is 2. The number of furan rings is 1. The van der Waals surface area contributed by atoms with Crippen molar-refractivity contribution in [2.24, 2.45) is 0 Å². The van der Waals surface area contributed by atoms with E-state index in [0.717, 1.165) is 36.6 Å². The average Bonchev–Trinajstić information content (AvgIpc) is 3.23. The van der Waals surface area contributed by atoms with Crippen LogP contribution >= 0.6 is 0 Å². The molecule has 2 amide bonds. The maximum Gasteiger partial charge on any atom is 0.418 e. The van der Waals surface area contributed by atoms with E-state index in [9.17, 15) is 35.9 Å². The van der Waals surface area contributed by atoms with Crippen LogP contribution in [0.25, 0.3) is 0 Å². The minimum absolute atomic E-state index is 0.0792. The summed E-state index contributed by atoms with van der Waals surface area (Å²) in [4.78, 5) is 24.2. The molecular formula is C20H12F6N2O3. The standard InChI is InChI=1S/C20H12F6N2O3/c21-19(22,23)13-3-1-2-11(8-13)17(29)28-16-5-4-14(9-15(16)20(24,25)26)27-18(30)12-6-7-31-10-12/h1-10H,(H,27,30)(H,28,29). The molecule has 2 N–H and O–H groups in total. The van der Waals surface area contributed by atoms with Crippen LogP contribution in [0.2, 0.25) is 0 Å². The minimum Gasteiger partial charge on any atom is -0.472 e. The lowest BCUT2D eigenvalue weighted by Crippen LogP contribution is -2.18. The topological polar surface area (TPSA) is 71.3 Å². The largest absolute Gasteiger partial charge is 0.472 e. The van der Waals surface area contributed by atoms with Gasteiger partial charge in [-0.05, 0) is 42.5 Å². The van der Waals surface area contributed by atoms with Crippen LogP contribution in [0.4, 0.5) is 37.7 Å². The molecule has 0 radical (unpaired) electrons. The van der Waals surface area contributed by atoms with Gasteiger partial charge in [0.25, 0.3) is 11.8 Å². The van der Waals surface area contributed by atoms with E-state index in [-0.39, 0.29) is 11.3 Å². The highest BCUT2D eigenvalue weighted by Crippen LogP contribution is 2.37. The van der Waals surface area contributed by atoms with Crippen molar-refractivity contribution in [3.63, 3.8) is 0 Å². The number of anilines is 2. The van der Waals surface area contributed by atoms with Gasteiger partial charge in [0.1, 0.15) is 6.26 Å². The van der Waals surface area contributed by atoms with Gasteiger partial charge in [-0.1, -0.05) is 6.07 Å². The van der Waals surface area contributed by atoms with Crippen LogP contribution < -0.4 is 10.6 Å². The monoisotopic (exact) mass is 442 g/mol. The average molecular weight is 442 g/mol. The highest BCUT2D eigenvalue weighted by Gasteiger charge is 2.35. The Morgan fingerprint density at radius 3 is 2.10 bits per heavy atom. The van der Waals surface area contributed by atoms with E-state index in [1.54, 1.807) is 0 Å². The van der Waals surface area contributed by atoms with Gasteiger partial charge in [0, 0.05) is 11.3 Å². The van der Waals surface area contributed by atoms with E-state index in [1.165, 1.54) is 12.3 Å². The highest BCUT2D eigenvalue weighted by molar-refractivity contribution is 6.06. The highest BCUT2D eigenvalue weighted by atomic mass is 19.4. The second-order valence-corrected chi connectivity index (χ2v) is 6.26. The number of hydrogen-bond acceptors (Lipinski definition) is 3. The van der Waals surface area contributed by atoms with Gasteiger partial charge in [0.05, 0.1) is 28.6 Å². The van der Waals surface area contributed by atoms with Gasteiger partial charge in [-0.15, -0.1) is 0 Å². The van der Waals surface area contributed by atoms with E-state index in [4.69, 9.17) is 4.42 Å². The SMILES string of the molecule is O=C(Nc1ccc(NC(=O)c2cccc(C(F)(F)F)c2)c(C(F)(F)F)c1)c1ccoc1. The number of carbonyl (C=O) groups excluding carboxylic acids is 2. The van der Waals surface area contributed by atoms with Crippen LogP contribution in [-0.4, -0.2) is 11.8 Å². The van der Waals surface area contributed by atoms with Crippen molar-refractivity contribution in [1.82, 2.24) is 0 Å². The Morgan fingerprint density at radius 1 is 0.774 bits per heavy atom. The van der Waals surface area contributed by atoms with Gasteiger partial charge in [0.2, 0.25) is 0 Å². The molecule has 0 aliphatic rings. The van der Waals surface area contributed by atoms with E-state index in [2.05, 4.69) is 5.32 Å². The molecule has 0 aliphatic heterocycles. The van der Waals surface area contributed by atoms with Crippen LogP contribution in [0, 0.1) is 0 Å². The summed E-state index contributed by atoms with van der Waals surface area (Å²) in [5.41, 5.74) is -3.70. The molecule has 3 aromatic rings. The number of nitrogens with one attached hydrogen (secondary N) is 2. The molecule has 2 aromatic carbocycles. The van der Waals surface area contributed by atoms with Gasteiger partial charge in [-0.25, -0.2) is 0 Å². The zero-order valence-corrected chi connectivity index (χ0v) is 15.3. The molecule has 0 spiro atoms. The van der Waals surface area contributed by atoms with Gasteiger partial charge < -0.3 is 15.1 Å². The summed E-state index contributed by atoms with van der Waals surface area (Å²) < 4.78 is 83.6. The van der Waals surface area contributed by atoms with Crippen molar-refractivity contribution >= 4 is 23.2 Å². The summed E-state index contributed by atoms with van der Waals surface area (Å²) in [6.07, 6.45) is -7.33. The molecule has 11 heteroatoms. The number of alkyl halides is 6. The van der Waals surface area contributed by atoms with Crippen LogP contribution in [0.1, 0.15) is 31.8 Å². The number of carbonyl (C=O) groups is 2. The lowest BCUT2D eigenvalue weighted by atomic mass is 10.1. The third kappa shape index (κ3) is 5.24. The summed E-state index contributed by atoms with van der Waals surface area (Å²) in [6, 6.07) is 7.17. The second-order valence-electron chi connectivity index (χ2n) is 6.26. The number of rotatable bonds is 4. The molecule has 0 atom stereocenters. The first-order valence-electron chi connectivity index (χ1n) is 8.48. The molecule has 162 valence electrons. The van der Waals surface area contributed by atoms with Gasteiger partial charge >= 0.3 is 12.4 Å². The van der Waals surface area contributed by atoms with E-state index >= 15 is 0 Å². The molecule has 3 rings (SSSR count). The first-order chi connectivity index (χ1) is 14.4. The molecule has 1 aromatic heterocycles. The number of hydrogen-bond donors (Lipinski definition) is 2. The van der Waals surface area contributed by atoms with Crippen LogP contribution in [-0.2, 0) is 12.4 Å². The van der Waals surface area contributed by atoms with Gasteiger partial charge in [0.15, 0.2) is 0 Å². The predicted octanol–water partition coefficient (Wildman–Crippen LogP) is 5.82. The first-order valence-corrected chi connectivity index (χ1v) is 8.48. The molecule has 0 saturated carbocycles. The first kappa shape index (κ1) is 21.9. The molecule has 0 unspecified atom stereocenters. The fourth-order valence-electron chi connectivity index (χ4n) is 2.59. The quantitative estimate of drug-likeness (QED) is 0.500. The van der Waals surface area contributed by atoms with Crippen LogP contribution in [0.3, 0.4) is 0 Å². The minimum atomic E-state index is -4.92. The van der Waals surface area contributed by atoms with Crippen LogP contribution in [0.5, 0.6) is 0 Å². The third-order valence-electron chi connectivity index (χ3n) is 4.07. The molecule has 0 saturated heterocycles. The molecule has 5 nitrogen and oxygen atoms in total. The summed E-state index contributed by atoms with van der Waals surface area (Å²) in [7, 11) is 0. The van der Waals surface area contributed by atoms with Gasteiger partial charge in [-0.2, -0.15) is 26.3 Å². The Balaban J connectivity index is 1.87. The Kier molecular flexibility index (Phi) is 5.78. The third-order valence-corrected chi connectivity index (χ3v) is 4.07. The molecule has 31 heavy (non-hydrogen) atoms. The fraction of sp³-hybridized carbons (Fsp3) is 0.100. The Morgan fingerprint density at radius 2 is 1.48 bits per heavy atom. The molecular weight excluding hydrogens is 430 g/mol. The fourth-order valence-corrected chi connectivity index (χ4v) is 2.59.